The maximum atomic E-state index is 5.66. The number of nitrogens with zero attached hydrogens (tertiary/aromatic N) is 2. The molecule has 92 valence electrons. The van der Waals surface area contributed by atoms with E-state index in [1.807, 2.05) is 42.1 Å². The van der Waals surface area contributed by atoms with Crippen LogP contribution >= 0.6 is 0 Å². The highest BCUT2D eigenvalue weighted by Crippen LogP contribution is 2.27. The van der Waals surface area contributed by atoms with Crippen molar-refractivity contribution in [3.63, 3.8) is 0 Å². The van der Waals surface area contributed by atoms with Gasteiger partial charge in [0.05, 0.1) is 29.8 Å². The lowest BCUT2D eigenvalue weighted by Gasteiger charge is -2.11. The Kier molecular flexibility index (Phi) is 2.62. The molecule has 2 heterocycles. The van der Waals surface area contributed by atoms with Crippen LogP contribution in [0.1, 0.15) is 17.3 Å². The number of nitrogens with two attached hydrogens (primary N) is 1. The van der Waals surface area contributed by atoms with Crippen molar-refractivity contribution in [3.8, 4) is 0 Å². The van der Waals surface area contributed by atoms with E-state index in [-0.39, 0.29) is 6.04 Å². The summed E-state index contributed by atoms with van der Waals surface area (Å²) in [6, 6.07) is 9.78. The minimum Gasteiger partial charge on any atom is -0.472 e. The molecular formula is C13H14N4O. The van der Waals surface area contributed by atoms with Gasteiger partial charge in [-0.25, -0.2) is 5.43 Å². The van der Waals surface area contributed by atoms with Crippen LogP contribution in [0.5, 0.6) is 0 Å². The molecule has 5 heteroatoms. The highest BCUT2D eigenvalue weighted by Gasteiger charge is 2.20. The van der Waals surface area contributed by atoms with Gasteiger partial charge in [-0.15, -0.1) is 0 Å². The first-order valence-electron chi connectivity index (χ1n) is 5.71. The molecule has 0 bridgehead atoms. The van der Waals surface area contributed by atoms with Gasteiger partial charge in [-0.2, -0.15) is 5.10 Å². The predicted octanol–water partition coefficient (Wildman–Crippen LogP) is 1.72. The van der Waals surface area contributed by atoms with Crippen molar-refractivity contribution in [2.24, 2.45) is 12.9 Å². The standard InChI is InChI=1S/C13H14N4O/c1-17-11-5-3-2-4-10(11)13(16-17)12(15-14)9-6-7-18-8-9/h2-8,12,15H,14H2,1H3. The van der Waals surface area contributed by atoms with Crippen molar-refractivity contribution >= 4 is 10.9 Å². The molecule has 1 unspecified atom stereocenters. The fourth-order valence-corrected chi connectivity index (χ4v) is 2.23. The van der Waals surface area contributed by atoms with E-state index in [9.17, 15) is 0 Å². The molecule has 0 saturated carbocycles. The van der Waals surface area contributed by atoms with E-state index in [0.717, 1.165) is 22.2 Å². The number of aryl methyl sites for hydroxylation is 1. The number of nitrogens with one attached hydrogen (secondary N) is 1. The summed E-state index contributed by atoms with van der Waals surface area (Å²) >= 11 is 0. The Bertz CT molecular complexity index is 657. The predicted molar refractivity (Wildman–Crippen MR) is 68.6 cm³/mol. The van der Waals surface area contributed by atoms with Gasteiger partial charge in [-0.3, -0.25) is 10.5 Å². The van der Waals surface area contributed by atoms with Crippen molar-refractivity contribution in [2.45, 2.75) is 6.04 Å². The number of hydrogen-bond acceptors (Lipinski definition) is 4. The fraction of sp³-hybridized carbons (Fsp3) is 0.154. The average molecular weight is 242 g/mol. The second-order valence-corrected chi connectivity index (χ2v) is 4.18. The first-order valence-corrected chi connectivity index (χ1v) is 5.71. The molecule has 3 rings (SSSR count). The topological polar surface area (TPSA) is 69.0 Å². The van der Waals surface area contributed by atoms with E-state index >= 15 is 0 Å². The average Bonchev–Trinajstić information content (AvgIpc) is 3.01. The van der Waals surface area contributed by atoms with Gasteiger partial charge in [0.15, 0.2) is 0 Å². The quantitative estimate of drug-likeness (QED) is 0.542. The number of hydrazine groups is 1. The van der Waals surface area contributed by atoms with E-state index < -0.39 is 0 Å². The number of rotatable bonds is 3. The molecule has 0 fully saturated rings. The van der Waals surface area contributed by atoms with E-state index in [2.05, 4.69) is 10.5 Å². The van der Waals surface area contributed by atoms with Crippen LogP contribution in [0.4, 0.5) is 0 Å². The largest absolute Gasteiger partial charge is 0.472 e. The van der Waals surface area contributed by atoms with Crippen LogP contribution in [0.2, 0.25) is 0 Å². The minimum atomic E-state index is -0.171. The molecule has 18 heavy (non-hydrogen) atoms. The van der Waals surface area contributed by atoms with E-state index in [0.29, 0.717) is 0 Å². The van der Waals surface area contributed by atoms with Crippen LogP contribution in [-0.2, 0) is 7.05 Å². The van der Waals surface area contributed by atoms with Crippen LogP contribution in [0.25, 0.3) is 10.9 Å². The van der Waals surface area contributed by atoms with Crippen LogP contribution < -0.4 is 11.3 Å². The summed E-state index contributed by atoms with van der Waals surface area (Å²) in [6.07, 6.45) is 3.30. The second-order valence-electron chi connectivity index (χ2n) is 4.18. The number of aromatic nitrogens is 2. The van der Waals surface area contributed by atoms with Gasteiger partial charge in [0.1, 0.15) is 0 Å². The monoisotopic (exact) mass is 242 g/mol. The van der Waals surface area contributed by atoms with Crippen molar-refractivity contribution < 1.29 is 4.42 Å². The number of furan rings is 1. The molecule has 1 aromatic carbocycles. The third-order valence-electron chi connectivity index (χ3n) is 3.10. The van der Waals surface area contributed by atoms with Crippen molar-refractivity contribution in [1.82, 2.24) is 15.2 Å². The molecule has 2 aromatic heterocycles. The molecule has 3 aromatic rings. The van der Waals surface area contributed by atoms with E-state index in [1.54, 1.807) is 12.5 Å². The summed E-state index contributed by atoms with van der Waals surface area (Å²) in [7, 11) is 1.93. The smallest absolute Gasteiger partial charge is 0.0954 e. The lowest BCUT2D eigenvalue weighted by molar-refractivity contribution is 0.549. The Morgan fingerprint density at radius 2 is 2.17 bits per heavy atom. The molecular weight excluding hydrogens is 228 g/mol. The summed E-state index contributed by atoms with van der Waals surface area (Å²) in [5.74, 6) is 5.66. The number of para-hydroxylation sites is 1. The Morgan fingerprint density at radius 3 is 2.89 bits per heavy atom. The minimum absolute atomic E-state index is 0.171. The van der Waals surface area contributed by atoms with Crippen molar-refractivity contribution in [3.05, 3.63) is 54.1 Å². The maximum Gasteiger partial charge on any atom is 0.0954 e. The van der Waals surface area contributed by atoms with Gasteiger partial charge in [-0.1, -0.05) is 18.2 Å². The third kappa shape index (κ3) is 1.61. The Labute approximate surface area is 104 Å². The van der Waals surface area contributed by atoms with E-state index in [1.165, 1.54) is 0 Å². The van der Waals surface area contributed by atoms with Gasteiger partial charge >= 0.3 is 0 Å². The Balaban J connectivity index is 2.19. The number of hydrogen-bond donors (Lipinski definition) is 2. The van der Waals surface area contributed by atoms with Crippen LogP contribution in [0.15, 0.2) is 47.3 Å². The number of benzene rings is 1. The van der Waals surface area contributed by atoms with E-state index in [4.69, 9.17) is 10.3 Å². The summed E-state index contributed by atoms with van der Waals surface area (Å²) in [4.78, 5) is 0. The van der Waals surface area contributed by atoms with Crippen LogP contribution in [-0.4, -0.2) is 9.78 Å². The fourth-order valence-electron chi connectivity index (χ4n) is 2.23. The normalized spacial score (nSPS) is 13.0. The molecule has 0 aliphatic carbocycles. The summed E-state index contributed by atoms with van der Waals surface area (Å²) in [5.41, 5.74) is 5.73. The van der Waals surface area contributed by atoms with Gasteiger partial charge < -0.3 is 4.42 Å². The molecule has 0 amide bonds. The summed E-state index contributed by atoms with van der Waals surface area (Å²) in [6.45, 7) is 0. The van der Waals surface area contributed by atoms with Crippen molar-refractivity contribution in [1.29, 1.82) is 0 Å². The molecule has 0 radical (unpaired) electrons. The highest BCUT2D eigenvalue weighted by atomic mass is 16.3. The molecule has 3 N–H and O–H groups in total. The zero-order valence-electron chi connectivity index (χ0n) is 10.00. The first kappa shape index (κ1) is 11.0. The first-order chi connectivity index (χ1) is 8.81. The highest BCUT2D eigenvalue weighted by molar-refractivity contribution is 5.82. The molecule has 0 aliphatic rings. The Morgan fingerprint density at radius 1 is 1.33 bits per heavy atom. The van der Waals surface area contributed by atoms with Crippen LogP contribution in [0.3, 0.4) is 0 Å². The molecule has 5 nitrogen and oxygen atoms in total. The molecule has 0 spiro atoms. The maximum absolute atomic E-state index is 5.66. The Hall–Kier alpha value is -2.11. The van der Waals surface area contributed by atoms with Crippen molar-refractivity contribution in [2.75, 3.05) is 0 Å². The summed E-state index contributed by atoms with van der Waals surface area (Å²) < 4.78 is 6.96. The molecule has 0 aliphatic heterocycles. The van der Waals surface area contributed by atoms with Gasteiger partial charge in [0.2, 0.25) is 0 Å². The second kappa shape index (κ2) is 4.29. The zero-order valence-corrected chi connectivity index (χ0v) is 10.00. The lowest BCUT2D eigenvalue weighted by atomic mass is 10.0. The molecule has 0 saturated heterocycles. The van der Waals surface area contributed by atoms with Gasteiger partial charge in [0.25, 0.3) is 0 Å². The lowest BCUT2D eigenvalue weighted by Crippen LogP contribution is -2.29. The molecule has 1 atom stereocenters. The van der Waals surface area contributed by atoms with Gasteiger partial charge in [-0.05, 0) is 12.1 Å². The zero-order chi connectivity index (χ0) is 12.5. The number of fused-ring (bicyclic) bond motifs is 1. The third-order valence-corrected chi connectivity index (χ3v) is 3.10. The van der Waals surface area contributed by atoms with Gasteiger partial charge in [0, 0.05) is 18.0 Å². The van der Waals surface area contributed by atoms with Crippen LogP contribution in [0, 0.1) is 0 Å². The summed E-state index contributed by atoms with van der Waals surface area (Å²) in [5, 5.41) is 5.64. The SMILES string of the molecule is Cn1nc(C(NN)c2ccoc2)c2ccccc21.